The highest BCUT2D eigenvalue weighted by Gasteiger charge is 2.18. The molecule has 1 fully saturated rings. The second-order valence-corrected chi connectivity index (χ2v) is 5.91. The summed E-state index contributed by atoms with van der Waals surface area (Å²) in [5.41, 5.74) is 1.64. The number of benzene rings is 1. The normalized spacial score (nSPS) is 16.6. The smallest absolute Gasteiger partial charge is 0.152 e. The van der Waals surface area contributed by atoms with E-state index in [2.05, 4.69) is 4.98 Å². The molecule has 0 unspecified atom stereocenters. The highest BCUT2D eigenvalue weighted by Crippen LogP contribution is 2.31. The van der Waals surface area contributed by atoms with Crippen molar-refractivity contribution in [2.75, 3.05) is 13.2 Å². The molecule has 1 aromatic heterocycles. The predicted octanol–water partition coefficient (Wildman–Crippen LogP) is 3.32. The number of hydrogen-bond acceptors (Lipinski definition) is 4. The maximum atomic E-state index is 11.2. The van der Waals surface area contributed by atoms with E-state index in [9.17, 15) is 4.79 Å². The van der Waals surface area contributed by atoms with Gasteiger partial charge in [0.1, 0.15) is 5.03 Å². The maximum absolute atomic E-state index is 11.2. The monoisotopic (exact) mass is 273 g/mol. The fourth-order valence-corrected chi connectivity index (χ4v) is 3.38. The van der Waals surface area contributed by atoms with Gasteiger partial charge in [-0.05, 0) is 25.0 Å². The van der Waals surface area contributed by atoms with Gasteiger partial charge in [0.05, 0.1) is 5.52 Å². The minimum Gasteiger partial charge on any atom is -0.381 e. The van der Waals surface area contributed by atoms with E-state index < -0.39 is 0 Å². The van der Waals surface area contributed by atoms with Gasteiger partial charge in [0.15, 0.2) is 6.29 Å². The molecular weight excluding hydrogens is 258 g/mol. The molecule has 3 nitrogen and oxygen atoms in total. The lowest BCUT2D eigenvalue weighted by molar-refractivity contribution is 0.1000. The molecule has 2 heterocycles. The molecular formula is C15H15NO2S. The van der Waals surface area contributed by atoms with Crippen LogP contribution in [0.15, 0.2) is 35.4 Å². The van der Waals surface area contributed by atoms with Crippen LogP contribution in [0, 0.1) is 0 Å². The van der Waals surface area contributed by atoms with Gasteiger partial charge < -0.3 is 4.74 Å². The number of carbonyl (C=O) groups is 1. The van der Waals surface area contributed by atoms with Crippen LogP contribution in [0.5, 0.6) is 0 Å². The zero-order valence-electron chi connectivity index (χ0n) is 10.5. The van der Waals surface area contributed by atoms with Gasteiger partial charge in [-0.2, -0.15) is 0 Å². The van der Waals surface area contributed by atoms with Crippen LogP contribution in [0.1, 0.15) is 23.2 Å². The van der Waals surface area contributed by atoms with Crippen LogP contribution < -0.4 is 0 Å². The number of pyridine rings is 1. The quantitative estimate of drug-likeness (QED) is 0.804. The van der Waals surface area contributed by atoms with E-state index in [0.717, 1.165) is 48.3 Å². The van der Waals surface area contributed by atoms with Crippen molar-refractivity contribution >= 4 is 29.0 Å². The van der Waals surface area contributed by atoms with Gasteiger partial charge in [-0.1, -0.05) is 18.2 Å². The molecule has 0 bridgehead atoms. The third kappa shape index (κ3) is 2.80. The van der Waals surface area contributed by atoms with Gasteiger partial charge in [0.25, 0.3) is 0 Å². The average molecular weight is 273 g/mol. The van der Waals surface area contributed by atoms with Gasteiger partial charge in [-0.3, -0.25) is 4.79 Å². The summed E-state index contributed by atoms with van der Waals surface area (Å²) in [5, 5.41) is 2.36. The number of rotatable bonds is 3. The molecule has 0 saturated carbocycles. The summed E-state index contributed by atoms with van der Waals surface area (Å²) in [4.78, 5) is 15.9. The fraction of sp³-hybridized carbons (Fsp3) is 0.333. The van der Waals surface area contributed by atoms with Crippen molar-refractivity contribution in [3.63, 3.8) is 0 Å². The molecule has 0 amide bonds. The van der Waals surface area contributed by atoms with E-state index in [-0.39, 0.29) is 0 Å². The van der Waals surface area contributed by atoms with Gasteiger partial charge in [0.2, 0.25) is 0 Å². The molecule has 0 atom stereocenters. The first-order valence-electron chi connectivity index (χ1n) is 6.46. The van der Waals surface area contributed by atoms with Crippen molar-refractivity contribution in [2.45, 2.75) is 23.1 Å². The molecule has 19 heavy (non-hydrogen) atoms. The molecule has 0 radical (unpaired) electrons. The number of ether oxygens (including phenoxy) is 1. The minimum absolute atomic E-state index is 0.501. The summed E-state index contributed by atoms with van der Waals surface area (Å²) >= 11 is 1.71. The Morgan fingerprint density at radius 1 is 1.26 bits per heavy atom. The Bertz CT molecular complexity index is 594. The van der Waals surface area contributed by atoms with E-state index in [0.29, 0.717) is 10.8 Å². The minimum atomic E-state index is 0.501. The van der Waals surface area contributed by atoms with Crippen molar-refractivity contribution in [3.8, 4) is 0 Å². The lowest BCUT2D eigenvalue weighted by Crippen LogP contribution is -2.17. The van der Waals surface area contributed by atoms with Gasteiger partial charge in [-0.15, -0.1) is 11.8 Å². The van der Waals surface area contributed by atoms with E-state index in [1.165, 1.54) is 0 Å². The van der Waals surface area contributed by atoms with Crippen LogP contribution >= 0.6 is 11.8 Å². The van der Waals surface area contributed by atoms with Crippen LogP contribution in [0.2, 0.25) is 0 Å². The van der Waals surface area contributed by atoms with Crippen molar-refractivity contribution in [1.29, 1.82) is 0 Å². The third-order valence-electron chi connectivity index (χ3n) is 3.29. The van der Waals surface area contributed by atoms with Gasteiger partial charge in [-0.25, -0.2) is 4.98 Å². The highest BCUT2D eigenvalue weighted by atomic mass is 32.2. The van der Waals surface area contributed by atoms with Crippen LogP contribution in [0.25, 0.3) is 10.9 Å². The first-order chi connectivity index (χ1) is 9.36. The largest absolute Gasteiger partial charge is 0.381 e. The number of hydrogen-bond donors (Lipinski definition) is 0. The fourth-order valence-electron chi connectivity index (χ4n) is 2.25. The third-order valence-corrected chi connectivity index (χ3v) is 4.65. The summed E-state index contributed by atoms with van der Waals surface area (Å²) in [5.74, 6) is 0. The van der Waals surface area contributed by atoms with Crippen molar-refractivity contribution in [3.05, 3.63) is 35.9 Å². The molecule has 0 N–H and O–H groups in total. The number of carbonyl (C=O) groups excluding carboxylic acids is 1. The first kappa shape index (κ1) is 12.6. The molecule has 98 valence electrons. The van der Waals surface area contributed by atoms with E-state index >= 15 is 0 Å². The summed E-state index contributed by atoms with van der Waals surface area (Å²) in [6, 6.07) is 9.83. The maximum Gasteiger partial charge on any atom is 0.152 e. The molecule has 1 aliphatic heterocycles. The Labute approximate surface area is 116 Å². The summed E-state index contributed by atoms with van der Waals surface area (Å²) in [6.07, 6.45) is 2.95. The molecule has 1 saturated heterocycles. The Kier molecular flexibility index (Phi) is 3.80. The number of para-hydroxylation sites is 1. The topological polar surface area (TPSA) is 39.2 Å². The van der Waals surface area contributed by atoms with Crippen LogP contribution in [-0.2, 0) is 4.74 Å². The SMILES string of the molecule is O=Cc1cc2ccccc2nc1SC1CCOCC1. The number of aromatic nitrogens is 1. The lowest BCUT2D eigenvalue weighted by atomic mass is 10.2. The number of nitrogens with zero attached hydrogens (tertiary/aromatic N) is 1. The first-order valence-corrected chi connectivity index (χ1v) is 7.34. The predicted molar refractivity (Wildman–Crippen MR) is 76.8 cm³/mol. The highest BCUT2D eigenvalue weighted by molar-refractivity contribution is 7.99. The van der Waals surface area contributed by atoms with E-state index in [4.69, 9.17) is 4.74 Å². The Morgan fingerprint density at radius 3 is 2.84 bits per heavy atom. The van der Waals surface area contributed by atoms with Crippen LogP contribution in [0.4, 0.5) is 0 Å². The average Bonchev–Trinajstić information content (AvgIpc) is 2.47. The van der Waals surface area contributed by atoms with E-state index in [1.54, 1.807) is 11.8 Å². The number of aldehydes is 1. The Morgan fingerprint density at radius 2 is 2.05 bits per heavy atom. The second-order valence-electron chi connectivity index (χ2n) is 4.62. The zero-order valence-corrected chi connectivity index (χ0v) is 11.4. The molecule has 3 rings (SSSR count). The molecule has 1 aliphatic rings. The Balaban J connectivity index is 1.94. The summed E-state index contributed by atoms with van der Waals surface area (Å²) in [7, 11) is 0. The molecule has 2 aromatic rings. The molecule has 0 spiro atoms. The Hall–Kier alpha value is -1.39. The second kappa shape index (κ2) is 5.72. The lowest BCUT2D eigenvalue weighted by Gasteiger charge is -2.21. The summed E-state index contributed by atoms with van der Waals surface area (Å²) < 4.78 is 5.36. The van der Waals surface area contributed by atoms with Crippen LogP contribution in [-0.4, -0.2) is 29.7 Å². The van der Waals surface area contributed by atoms with Crippen LogP contribution in [0.3, 0.4) is 0 Å². The molecule has 0 aliphatic carbocycles. The van der Waals surface area contributed by atoms with Gasteiger partial charge >= 0.3 is 0 Å². The number of fused-ring (bicyclic) bond motifs is 1. The van der Waals surface area contributed by atoms with Crippen molar-refractivity contribution in [1.82, 2.24) is 4.98 Å². The van der Waals surface area contributed by atoms with Crippen molar-refractivity contribution < 1.29 is 9.53 Å². The van der Waals surface area contributed by atoms with Gasteiger partial charge in [0, 0.05) is 29.4 Å². The summed E-state index contributed by atoms with van der Waals surface area (Å²) in [6.45, 7) is 1.61. The number of thioether (sulfide) groups is 1. The van der Waals surface area contributed by atoms with Crippen molar-refractivity contribution in [2.24, 2.45) is 0 Å². The zero-order chi connectivity index (χ0) is 13.1. The standard InChI is InChI=1S/C15H15NO2S/c17-10-12-9-11-3-1-2-4-14(11)16-15(12)19-13-5-7-18-8-6-13/h1-4,9-10,13H,5-8H2. The van der Waals surface area contributed by atoms with E-state index in [1.807, 2.05) is 30.3 Å². The molecule has 4 heteroatoms. The molecule has 1 aromatic carbocycles.